The molecule has 0 fully saturated rings. The fourth-order valence-electron chi connectivity index (χ4n) is 7.59. The molecule has 55 heavy (non-hydrogen) atoms. The number of benzene rings is 7. The van der Waals surface area contributed by atoms with Gasteiger partial charge in [-0.1, -0.05) is 118 Å². The van der Waals surface area contributed by atoms with Crippen molar-refractivity contribution in [3.63, 3.8) is 0 Å². The van der Waals surface area contributed by atoms with Crippen LogP contribution in [0.4, 0.5) is 0 Å². The molecular formula is C50H38IrN4-2. The van der Waals surface area contributed by atoms with Crippen molar-refractivity contribution in [1.82, 2.24) is 19.5 Å². The van der Waals surface area contributed by atoms with Crippen molar-refractivity contribution in [3.8, 4) is 28.3 Å². The monoisotopic (exact) mass is 887 g/mol. The van der Waals surface area contributed by atoms with Crippen LogP contribution in [0.2, 0.25) is 0 Å². The topological polar surface area (TPSA) is 43.6 Å². The van der Waals surface area contributed by atoms with Crippen LogP contribution in [0.25, 0.3) is 82.6 Å². The maximum atomic E-state index is 4.91. The largest absolute Gasteiger partial charge is 0.328 e. The zero-order valence-corrected chi connectivity index (χ0v) is 33.5. The number of rotatable bonds is 4. The number of aryl methyl sites for hydroxylation is 2. The molecule has 0 aliphatic rings. The van der Waals surface area contributed by atoms with E-state index in [0.29, 0.717) is 11.7 Å². The van der Waals surface area contributed by atoms with Crippen molar-refractivity contribution in [2.75, 3.05) is 0 Å². The molecule has 0 spiro atoms. The second-order valence-electron chi connectivity index (χ2n) is 14.3. The first kappa shape index (κ1) is 36.0. The standard InChI is InChI=1S/C30H18N3.C20H20N.Ir/c1-2-9-22(10-3-1)33-28-13-7-6-12-24(28)25-16-14-21(18-29(25)33)30-31-19-26-23-11-5-4-8-20(23)15-17-27(26)32-30;1-13(2)17-6-5-16-7-8-21-20(19(16)12-17)18-10-14(3)9-15(4)11-18;/h1-13,15-19H;5-10,12-13H,1-4H3;/q2*-1;. The van der Waals surface area contributed by atoms with E-state index in [4.69, 9.17) is 9.97 Å². The Morgan fingerprint density at radius 2 is 1.35 bits per heavy atom. The maximum absolute atomic E-state index is 4.91. The molecule has 7 aromatic carbocycles. The van der Waals surface area contributed by atoms with Crippen LogP contribution >= 0.6 is 0 Å². The Morgan fingerprint density at radius 1 is 0.600 bits per heavy atom. The number of pyridine rings is 1. The van der Waals surface area contributed by atoms with E-state index < -0.39 is 0 Å². The van der Waals surface area contributed by atoms with E-state index in [1.165, 1.54) is 49.0 Å². The fraction of sp³-hybridized carbons (Fsp3) is 0.100. The summed E-state index contributed by atoms with van der Waals surface area (Å²) in [5.74, 6) is 1.20. The third-order valence-electron chi connectivity index (χ3n) is 10.2. The van der Waals surface area contributed by atoms with Gasteiger partial charge in [0.1, 0.15) is 0 Å². The molecule has 0 N–H and O–H groups in total. The zero-order valence-electron chi connectivity index (χ0n) is 31.1. The quantitative estimate of drug-likeness (QED) is 0.131. The van der Waals surface area contributed by atoms with E-state index in [1.54, 1.807) is 0 Å². The van der Waals surface area contributed by atoms with Gasteiger partial charge >= 0.3 is 0 Å². The second-order valence-corrected chi connectivity index (χ2v) is 14.3. The van der Waals surface area contributed by atoms with Gasteiger partial charge in [-0.2, -0.15) is 0 Å². The smallest absolute Gasteiger partial charge is 0.0756 e. The predicted molar refractivity (Wildman–Crippen MR) is 225 cm³/mol. The van der Waals surface area contributed by atoms with Crippen LogP contribution in [-0.2, 0) is 20.1 Å². The summed E-state index contributed by atoms with van der Waals surface area (Å²) >= 11 is 0. The molecule has 10 aromatic rings. The van der Waals surface area contributed by atoms with Crippen LogP contribution < -0.4 is 0 Å². The van der Waals surface area contributed by atoms with Crippen molar-refractivity contribution in [2.45, 2.75) is 33.6 Å². The van der Waals surface area contributed by atoms with E-state index >= 15 is 0 Å². The molecule has 10 rings (SSSR count). The van der Waals surface area contributed by atoms with E-state index in [2.05, 4.69) is 183 Å². The van der Waals surface area contributed by atoms with Gasteiger partial charge in [0, 0.05) is 49.1 Å². The Balaban J connectivity index is 0.000000169. The summed E-state index contributed by atoms with van der Waals surface area (Å²) in [6, 6.07) is 55.7. The van der Waals surface area contributed by atoms with Crippen molar-refractivity contribution >= 4 is 54.3 Å². The summed E-state index contributed by atoms with van der Waals surface area (Å²) in [4.78, 5) is 14.3. The number of aromatic nitrogens is 4. The molecule has 0 bridgehead atoms. The van der Waals surface area contributed by atoms with Gasteiger partial charge in [-0.3, -0.25) is 9.97 Å². The van der Waals surface area contributed by atoms with Crippen LogP contribution in [0.1, 0.15) is 36.5 Å². The van der Waals surface area contributed by atoms with Crippen LogP contribution in [-0.4, -0.2) is 19.5 Å². The molecule has 4 nitrogen and oxygen atoms in total. The Kier molecular flexibility index (Phi) is 9.84. The number of para-hydroxylation sites is 2. The summed E-state index contributed by atoms with van der Waals surface area (Å²) in [7, 11) is 0. The first-order chi connectivity index (χ1) is 26.4. The average molecular weight is 887 g/mol. The van der Waals surface area contributed by atoms with E-state index in [1.807, 2.05) is 18.5 Å². The molecule has 0 amide bonds. The van der Waals surface area contributed by atoms with Crippen LogP contribution in [0, 0.1) is 26.0 Å². The van der Waals surface area contributed by atoms with Crippen molar-refractivity contribution in [3.05, 3.63) is 181 Å². The number of fused-ring (bicyclic) bond motifs is 7. The van der Waals surface area contributed by atoms with Gasteiger partial charge in [-0.25, -0.2) is 0 Å². The molecule has 0 unspecified atom stereocenters. The molecule has 0 aliphatic heterocycles. The number of hydrogen-bond acceptors (Lipinski definition) is 3. The van der Waals surface area contributed by atoms with Gasteiger partial charge in [0.2, 0.25) is 0 Å². The number of hydrogen-bond donors (Lipinski definition) is 0. The van der Waals surface area contributed by atoms with Gasteiger partial charge in [0.25, 0.3) is 0 Å². The molecular weight excluding hydrogens is 849 g/mol. The molecule has 0 atom stereocenters. The third kappa shape index (κ3) is 6.82. The Bertz CT molecular complexity index is 2980. The number of nitrogens with zero attached hydrogens (tertiary/aromatic N) is 4. The van der Waals surface area contributed by atoms with Gasteiger partial charge in [0.05, 0.1) is 11.3 Å². The molecule has 0 saturated carbocycles. The summed E-state index contributed by atoms with van der Waals surface area (Å²) in [6.07, 6.45) is 3.82. The first-order valence-electron chi connectivity index (χ1n) is 18.5. The van der Waals surface area contributed by atoms with Gasteiger partial charge in [-0.15, -0.1) is 58.7 Å². The maximum Gasteiger partial charge on any atom is 0.0756 e. The Labute approximate surface area is 334 Å². The Morgan fingerprint density at radius 3 is 2.16 bits per heavy atom. The predicted octanol–water partition coefficient (Wildman–Crippen LogP) is 12.8. The minimum Gasteiger partial charge on any atom is -0.328 e. The molecule has 3 heterocycles. The second kappa shape index (κ2) is 15.0. The molecule has 0 aliphatic carbocycles. The third-order valence-corrected chi connectivity index (χ3v) is 10.2. The minimum absolute atomic E-state index is 0. The molecule has 3 aromatic heterocycles. The molecule has 269 valence electrons. The SMILES string of the molecule is Cc1[c-]c(-c2nccc3ccc(C(C)C)cc23)cc(C)c1.[Ir].[c-]1cc2c3ccccc3n(-c3ccccc3)c2cc1-c1ncc2c(ccc3ccccc32)n1. The van der Waals surface area contributed by atoms with Crippen molar-refractivity contribution in [2.24, 2.45) is 0 Å². The van der Waals surface area contributed by atoms with Crippen LogP contribution in [0.5, 0.6) is 0 Å². The fourth-order valence-corrected chi connectivity index (χ4v) is 7.59. The van der Waals surface area contributed by atoms with E-state index in [9.17, 15) is 0 Å². The van der Waals surface area contributed by atoms with E-state index in [0.717, 1.165) is 44.5 Å². The van der Waals surface area contributed by atoms with Crippen LogP contribution in [0.3, 0.4) is 0 Å². The summed E-state index contributed by atoms with van der Waals surface area (Å²) in [5.41, 5.74) is 11.1. The van der Waals surface area contributed by atoms with Gasteiger partial charge < -0.3 is 9.55 Å². The van der Waals surface area contributed by atoms with Gasteiger partial charge in [0.15, 0.2) is 0 Å². The van der Waals surface area contributed by atoms with E-state index in [-0.39, 0.29) is 20.1 Å². The Hall–Kier alpha value is -6.00. The molecule has 5 heteroatoms. The van der Waals surface area contributed by atoms with Gasteiger partial charge in [-0.05, 0) is 80.0 Å². The first-order valence-corrected chi connectivity index (χ1v) is 18.5. The average Bonchev–Trinajstić information content (AvgIpc) is 3.54. The molecule has 1 radical (unpaired) electrons. The summed E-state index contributed by atoms with van der Waals surface area (Å²) < 4.78 is 2.30. The normalized spacial score (nSPS) is 11.3. The summed E-state index contributed by atoms with van der Waals surface area (Å²) in [6.45, 7) is 8.65. The summed E-state index contributed by atoms with van der Waals surface area (Å²) in [5, 5.41) is 8.26. The van der Waals surface area contributed by atoms with Crippen molar-refractivity contribution < 1.29 is 20.1 Å². The minimum atomic E-state index is 0. The van der Waals surface area contributed by atoms with Crippen LogP contribution in [0.15, 0.2) is 152 Å². The van der Waals surface area contributed by atoms with Crippen molar-refractivity contribution in [1.29, 1.82) is 0 Å². The zero-order chi connectivity index (χ0) is 36.8. The molecule has 0 saturated heterocycles.